The fourth-order valence-corrected chi connectivity index (χ4v) is 3.51. The summed E-state index contributed by atoms with van der Waals surface area (Å²) in [6.45, 7) is 6.88. The van der Waals surface area contributed by atoms with E-state index < -0.39 is 0 Å². The number of nitrogens with zero attached hydrogens (tertiary/aromatic N) is 6. The number of fused-ring (bicyclic) bond motifs is 1. The van der Waals surface area contributed by atoms with E-state index in [1.807, 2.05) is 25.2 Å². The van der Waals surface area contributed by atoms with Crippen LogP contribution in [0.25, 0.3) is 22.4 Å². The smallest absolute Gasteiger partial charge is 0.230 e. The third-order valence-corrected chi connectivity index (χ3v) is 4.99. The summed E-state index contributed by atoms with van der Waals surface area (Å²) in [6, 6.07) is 7.93. The average Bonchev–Trinajstić information content (AvgIpc) is 3.39. The standard InChI is InChI=1S/C23H28N8O2/c1-14(2)11-33-12-16-6-17(20-10-26-30(5)29-20)8-18(7-16)27-21-9-19(24-4)22-23(28-21)31(13-25-22)15(3)32/h6-10,13-14H,11-12H2,1-5H3,(H2,24,27,28). The van der Waals surface area contributed by atoms with E-state index in [4.69, 9.17) is 4.74 Å². The summed E-state index contributed by atoms with van der Waals surface area (Å²) in [7, 11) is 3.60. The topological polar surface area (TPSA) is 112 Å². The van der Waals surface area contributed by atoms with Gasteiger partial charge in [-0.25, -0.2) is 9.97 Å². The second-order valence-corrected chi connectivity index (χ2v) is 8.28. The molecule has 10 heteroatoms. The number of imidazole rings is 1. The highest BCUT2D eigenvalue weighted by Gasteiger charge is 2.14. The van der Waals surface area contributed by atoms with Crippen molar-refractivity contribution in [2.75, 3.05) is 24.3 Å². The fourth-order valence-electron chi connectivity index (χ4n) is 3.51. The number of pyridine rings is 1. The molecule has 0 saturated heterocycles. The van der Waals surface area contributed by atoms with E-state index in [-0.39, 0.29) is 5.91 Å². The maximum Gasteiger partial charge on any atom is 0.230 e. The number of anilines is 3. The van der Waals surface area contributed by atoms with E-state index in [2.05, 4.69) is 50.7 Å². The van der Waals surface area contributed by atoms with E-state index >= 15 is 0 Å². The van der Waals surface area contributed by atoms with Crippen LogP contribution in [0.15, 0.2) is 36.8 Å². The molecule has 3 aromatic heterocycles. The monoisotopic (exact) mass is 448 g/mol. The Morgan fingerprint density at radius 1 is 1.21 bits per heavy atom. The van der Waals surface area contributed by atoms with Crippen molar-refractivity contribution >= 4 is 34.3 Å². The molecule has 172 valence electrons. The third kappa shape index (κ3) is 5.01. The van der Waals surface area contributed by atoms with E-state index in [1.54, 1.807) is 13.2 Å². The van der Waals surface area contributed by atoms with Crippen LogP contribution < -0.4 is 10.6 Å². The highest BCUT2D eigenvalue weighted by Crippen LogP contribution is 2.29. The van der Waals surface area contributed by atoms with Gasteiger partial charge in [-0.05, 0) is 29.7 Å². The largest absolute Gasteiger partial charge is 0.386 e. The molecular weight excluding hydrogens is 420 g/mol. The van der Waals surface area contributed by atoms with Crippen LogP contribution in [-0.2, 0) is 18.4 Å². The molecule has 0 unspecified atom stereocenters. The van der Waals surface area contributed by atoms with Crippen LogP contribution in [0.2, 0.25) is 0 Å². The van der Waals surface area contributed by atoms with Gasteiger partial charge in [-0.15, -0.1) is 0 Å². The lowest BCUT2D eigenvalue weighted by Gasteiger charge is -2.13. The van der Waals surface area contributed by atoms with E-state index in [0.717, 1.165) is 28.2 Å². The number of carbonyl (C=O) groups excluding carboxylic acids is 1. The molecule has 0 saturated carbocycles. The van der Waals surface area contributed by atoms with E-state index in [1.165, 1.54) is 22.6 Å². The molecule has 0 atom stereocenters. The molecule has 2 N–H and O–H groups in total. The molecule has 4 aromatic rings. The number of aromatic nitrogens is 6. The van der Waals surface area contributed by atoms with Crippen molar-refractivity contribution < 1.29 is 9.53 Å². The summed E-state index contributed by atoms with van der Waals surface area (Å²) < 4.78 is 7.30. The number of benzene rings is 1. The maximum absolute atomic E-state index is 12.0. The van der Waals surface area contributed by atoms with Crippen LogP contribution in [0.1, 0.15) is 31.1 Å². The van der Waals surface area contributed by atoms with E-state index in [0.29, 0.717) is 36.1 Å². The van der Waals surface area contributed by atoms with Crippen molar-refractivity contribution in [1.82, 2.24) is 29.5 Å². The molecule has 0 aliphatic carbocycles. The van der Waals surface area contributed by atoms with Gasteiger partial charge in [0.1, 0.15) is 23.4 Å². The Morgan fingerprint density at radius 3 is 2.70 bits per heavy atom. The lowest BCUT2D eigenvalue weighted by Crippen LogP contribution is -2.06. The average molecular weight is 449 g/mol. The number of hydrogen-bond acceptors (Lipinski definition) is 8. The number of carbonyl (C=O) groups is 1. The minimum absolute atomic E-state index is 0.154. The summed E-state index contributed by atoms with van der Waals surface area (Å²) in [5, 5.41) is 15.1. The van der Waals surface area contributed by atoms with Gasteiger partial charge in [0.25, 0.3) is 0 Å². The van der Waals surface area contributed by atoms with Gasteiger partial charge >= 0.3 is 0 Å². The number of rotatable bonds is 8. The highest BCUT2D eigenvalue weighted by molar-refractivity contribution is 5.94. The predicted octanol–water partition coefficient (Wildman–Crippen LogP) is 3.84. The summed E-state index contributed by atoms with van der Waals surface area (Å²) in [5.41, 5.74) is 5.40. The highest BCUT2D eigenvalue weighted by atomic mass is 16.5. The maximum atomic E-state index is 12.0. The van der Waals surface area contributed by atoms with Crippen molar-refractivity contribution in [2.24, 2.45) is 13.0 Å². The third-order valence-electron chi connectivity index (χ3n) is 4.99. The SMILES string of the molecule is CNc1cc(Nc2cc(COCC(C)C)cc(-c3cnn(C)n3)c2)nc2c1ncn2C(C)=O. The summed E-state index contributed by atoms with van der Waals surface area (Å²) in [5.74, 6) is 0.881. The van der Waals surface area contributed by atoms with Gasteiger partial charge in [-0.2, -0.15) is 15.0 Å². The van der Waals surface area contributed by atoms with Gasteiger partial charge in [0, 0.05) is 44.9 Å². The molecule has 0 bridgehead atoms. The Labute approximate surface area is 192 Å². The zero-order valence-corrected chi connectivity index (χ0v) is 19.5. The number of nitrogens with one attached hydrogen (secondary N) is 2. The Kier molecular flexibility index (Phi) is 6.36. The lowest BCUT2D eigenvalue weighted by atomic mass is 10.1. The molecule has 33 heavy (non-hydrogen) atoms. The molecule has 0 aliphatic heterocycles. The molecule has 10 nitrogen and oxygen atoms in total. The summed E-state index contributed by atoms with van der Waals surface area (Å²) in [6.07, 6.45) is 3.22. The van der Waals surface area contributed by atoms with Crippen LogP contribution in [-0.4, -0.2) is 49.1 Å². The minimum Gasteiger partial charge on any atom is -0.386 e. The summed E-state index contributed by atoms with van der Waals surface area (Å²) >= 11 is 0. The molecule has 1 aromatic carbocycles. The molecule has 0 radical (unpaired) electrons. The van der Waals surface area contributed by atoms with Gasteiger partial charge in [-0.3, -0.25) is 9.36 Å². The summed E-state index contributed by atoms with van der Waals surface area (Å²) in [4.78, 5) is 22.5. The normalized spacial score (nSPS) is 11.3. The number of ether oxygens (including phenoxy) is 1. The van der Waals surface area contributed by atoms with Gasteiger partial charge in [0.05, 0.1) is 18.5 Å². The lowest BCUT2D eigenvalue weighted by molar-refractivity contribution is 0.0940. The molecular formula is C23H28N8O2. The van der Waals surface area contributed by atoms with E-state index in [9.17, 15) is 4.79 Å². The second kappa shape index (κ2) is 9.37. The Bertz CT molecular complexity index is 1290. The molecule has 3 heterocycles. The first-order chi connectivity index (χ1) is 15.8. The molecule has 4 rings (SSSR count). The van der Waals surface area contributed by atoms with Crippen molar-refractivity contribution in [3.63, 3.8) is 0 Å². The fraction of sp³-hybridized carbons (Fsp3) is 0.348. The van der Waals surface area contributed by atoms with Crippen molar-refractivity contribution in [1.29, 1.82) is 0 Å². The quantitative estimate of drug-likeness (QED) is 0.418. The van der Waals surface area contributed by atoms with Crippen LogP contribution >= 0.6 is 0 Å². The second-order valence-electron chi connectivity index (χ2n) is 8.28. The van der Waals surface area contributed by atoms with Crippen molar-refractivity contribution in [2.45, 2.75) is 27.4 Å². The van der Waals surface area contributed by atoms with Gasteiger partial charge < -0.3 is 15.4 Å². The molecule has 0 spiro atoms. The van der Waals surface area contributed by atoms with Crippen LogP contribution in [0.3, 0.4) is 0 Å². The Balaban J connectivity index is 1.72. The van der Waals surface area contributed by atoms with Crippen LogP contribution in [0.5, 0.6) is 0 Å². The first-order valence-corrected chi connectivity index (χ1v) is 10.8. The van der Waals surface area contributed by atoms with Crippen molar-refractivity contribution in [3.05, 3.63) is 42.4 Å². The van der Waals surface area contributed by atoms with Crippen LogP contribution in [0, 0.1) is 5.92 Å². The van der Waals surface area contributed by atoms with Gasteiger partial charge in [0.15, 0.2) is 5.65 Å². The van der Waals surface area contributed by atoms with Crippen LogP contribution in [0.4, 0.5) is 17.2 Å². The predicted molar refractivity (Wildman–Crippen MR) is 128 cm³/mol. The minimum atomic E-state index is -0.154. The first-order valence-electron chi connectivity index (χ1n) is 10.8. The molecule has 0 aliphatic rings. The molecule has 0 fully saturated rings. The number of aryl methyl sites for hydroxylation is 1. The zero-order valence-electron chi connectivity index (χ0n) is 19.5. The zero-order chi connectivity index (χ0) is 23.5. The van der Waals surface area contributed by atoms with Gasteiger partial charge in [0.2, 0.25) is 5.91 Å². The van der Waals surface area contributed by atoms with Gasteiger partial charge in [-0.1, -0.05) is 13.8 Å². The Hall–Kier alpha value is -3.79. The van der Waals surface area contributed by atoms with Crippen molar-refractivity contribution in [3.8, 4) is 11.3 Å². The first kappa shape index (κ1) is 22.4. The molecule has 0 amide bonds. The number of hydrogen-bond donors (Lipinski definition) is 2. The Morgan fingerprint density at radius 2 is 2.03 bits per heavy atom.